The number of anilines is 1. The Bertz CT molecular complexity index is 821. The van der Waals surface area contributed by atoms with E-state index in [1.165, 1.54) is 0 Å². The summed E-state index contributed by atoms with van der Waals surface area (Å²) in [5, 5.41) is 14.7. The molecule has 0 radical (unpaired) electrons. The molecule has 0 aliphatic carbocycles. The van der Waals surface area contributed by atoms with Crippen LogP contribution in [0.25, 0.3) is 0 Å². The van der Waals surface area contributed by atoms with Gasteiger partial charge in [0.1, 0.15) is 12.9 Å². The summed E-state index contributed by atoms with van der Waals surface area (Å²) in [4.78, 5) is 4.66. The first kappa shape index (κ1) is 21.9. The minimum atomic E-state index is 0.417. The number of aryl methyl sites for hydroxylation is 1. The van der Waals surface area contributed by atoms with Gasteiger partial charge in [-0.2, -0.15) is 0 Å². The van der Waals surface area contributed by atoms with Crippen molar-refractivity contribution in [1.29, 1.82) is 0 Å². The van der Waals surface area contributed by atoms with Crippen molar-refractivity contribution in [2.45, 2.75) is 33.2 Å². The van der Waals surface area contributed by atoms with Crippen molar-refractivity contribution in [3.63, 3.8) is 0 Å². The van der Waals surface area contributed by atoms with E-state index in [2.05, 4.69) is 39.7 Å². The minimum absolute atomic E-state index is 0.417. The van der Waals surface area contributed by atoms with Crippen LogP contribution in [0.3, 0.4) is 0 Å². The number of guanidine groups is 1. The lowest BCUT2D eigenvalue weighted by molar-refractivity contribution is 0.108. The van der Waals surface area contributed by atoms with Crippen LogP contribution in [0.5, 0.6) is 11.5 Å². The van der Waals surface area contributed by atoms with Crippen LogP contribution in [0.15, 0.2) is 29.5 Å². The van der Waals surface area contributed by atoms with Gasteiger partial charge in [0, 0.05) is 45.0 Å². The zero-order valence-electron chi connectivity index (χ0n) is 18.1. The molecule has 1 aromatic carbocycles. The topological polar surface area (TPSA) is 94.8 Å². The van der Waals surface area contributed by atoms with Crippen LogP contribution in [0.4, 0.5) is 5.69 Å². The van der Waals surface area contributed by atoms with E-state index in [-0.39, 0.29) is 0 Å². The molecule has 30 heavy (non-hydrogen) atoms. The van der Waals surface area contributed by atoms with Crippen LogP contribution in [0.1, 0.15) is 32.5 Å². The van der Waals surface area contributed by atoms with Crippen molar-refractivity contribution in [1.82, 2.24) is 20.1 Å². The Balaban J connectivity index is 1.61. The van der Waals surface area contributed by atoms with Gasteiger partial charge in [-0.25, -0.2) is 4.99 Å². The van der Waals surface area contributed by atoms with Crippen molar-refractivity contribution in [3.8, 4) is 11.5 Å². The third-order valence-electron chi connectivity index (χ3n) is 4.40. The highest BCUT2D eigenvalue weighted by Gasteiger charge is 2.11. The molecular weight excluding hydrogens is 384 g/mol. The number of aliphatic imine (C=N–C) groups is 1. The predicted molar refractivity (Wildman–Crippen MR) is 116 cm³/mol. The highest BCUT2D eigenvalue weighted by molar-refractivity contribution is 5.93. The molecule has 0 bridgehead atoms. The molecule has 164 valence electrons. The lowest BCUT2D eigenvalue weighted by Crippen LogP contribution is -2.32. The molecule has 1 aliphatic rings. The monoisotopic (exact) mass is 416 g/mol. The molecule has 1 aromatic heterocycles. The summed E-state index contributed by atoms with van der Waals surface area (Å²) in [5.41, 5.74) is 0.875. The fraction of sp³-hybridized carbons (Fsp3) is 0.571. The molecule has 2 heterocycles. The van der Waals surface area contributed by atoms with E-state index < -0.39 is 0 Å². The summed E-state index contributed by atoms with van der Waals surface area (Å²) < 4.78 is 19.0. The normalized spacial score (nSPS) is 13.9. The molecule has 0 fully saturated rings. The molecule has 3 rings (SSSR count). The summed E-state index contributed by atoms with van der Waals surface area (Å²) in [5.74, 6) is 3.51. The summed E-state index contributed by atoms with van der Waals surface area (Å²) >= 11 is 0. The SMILES string of the molecule is CC(C)COCCCNC(=NCc1nncn1C)Nc1ccc2c(c1)OCCCO2. The molecule has 0 saturated heterocycles. The third kappa shape index (κ3) is 6.91. The number of fused-ring (bicyclic) bond motifs is 1. The number of aromatic nitrogens is 3. The van der Waals surface area contributed by atoms with Gasteiger partial charge in [-0.1, -0.05) is 13.8 Å². The van der Waals surface area contributed by atoms with Gasteiger partial charge in [-0.05, 0) is 24.5 Å². The lowest BCUT2D eigenvalue weighted by atomic mass is 10.2. The fourth-order valence-corrected chi connectivity index (χ4v) is 2.82. The first-order chi connectivity index (χ1) is 14.6. The number of hydrogen-bond acceptors (Lipinski definition) is 6. The zero-order valence-corrected chi connectivity index (χ0v) is 18.1. The van der Waals surface area contributed by atoms with Crippen molar-refractivity contribution >= 4 is 11.6 Å². The van der Waals surface area contributed by atoms with Crippen LogP contribution in [0, 0.1) is 5.92 Å². The average molecular weight is 417 g/mol. The molecule has 0 atom stereocenters. The van der Waals surface area contributed by atoms with Gasteiger partial charge >= 0.3 is 0 Å². The third-order valence-corrected chi connectivity index (χ3v) is 4.40. The first-order valence-electron chi connectivity index (χ1n) is 10.5. The Morgan fingerprint density at radius 1 is 1.27 bits per heavy atom. The highest BCUT2D eigenvalue weighted by Crippen LogP contribution is 2.32. The molecule has 1 aliphatic heterocycles. The second kappa shape index (κ2) is 11.4. The Labute approximate surface area is 177 Å². The molecule has 2 N–H and O–H groups in total. The number of ether oxygens (including phenoxy) is 3. The first-order valence-corrected chi connectivity index (χ1v) is 10.5. The largest absolute Gasteiger partial charge is 0.490 e. The van der Waals surface area contributed by atoms with E-state index in [0.29, 0.717) is 38.2 Å². The standard InChI is InChI=1S/C21H32N6O3/c1-16(2)14-28-9-4-8-22-21(23-13-20-26-24-15-27(20)3)25-17-6-7-18-19(12-17)30-11-5-10-29-18/h6-7,12,15-16H,4-5,8-11,13-14H2,1-3H3,(H2,22,23,25). The van der Waals surface area contributed by atoms with E-state index in [0.717, 1.165) is 49.0 Å². The average Bonchev–Trinajstić information content (AvgIpc) is 2.99. The number of nitrogens with one attached hydrogen (secondary N) is 2. The van der Waals surface area contributed by atoms with Crippen molar-refractivity contribution in [3.05, 3.63) is 30.4 Å². The van der Waals surface area contributed by atoms with Gasteiger partial charge in [0.15, 0.2) is 23.3 Å². The summed E-state index contributed by atoms with van der Waals surface area (Å²) in [6, 6.07) is 5.81. The van der Waals surface area contributed by atoms with Crippen molar-refractivity contribution < 1.29 is 14.2 Å². The lowest BCUT2D eigenvalue weighted by Gasteiger charge is -2.15. The van der Waals surface area contributed by atoms with Gasteiger partial charge in [-0.3, -0.25) is 0 Å². The Hall–Kier alpha value is -2.81. The summed E-state index contributed by atoms with van der Waals surface area (Å²) in [6.45, 7) is 8.27. The zero-order chi connectivity index (χ0) is 21.2. The van der Waals surface area contributed by atoms with Crippen LogP contribution >= 0.6 is 0 Å². The van der Waals surface area contributed by atoms with E-state index in [1.54, 1.807) is 6.33 Å². The van der Waals surface area contributed by atoms with E-state index in [4.69, 9.17) is 14.2 Å². The quantitative estimate of drug-likeness (QED) is 0.369. The van der Waals surface area contributed by atoms with E-state index >= 15 is 0 Å². The summed E-state index contributed by atoms with van der Waals surface area (Å²) in [6.07, 6.45) is 3.43. The van der Waals surface area contributed by atoms with E-state index in [9.17, 15) is 0 Å². The smallest absolute Gasteiger partial charge is 0.196 e. The Morgan fingerprint density at radius 3 is 2.87 bits per heavy atom. The number of benzene rings is 1. The van der Waals surface area contributed by atoms with Gasteiger partial charge in [0.2, 0.25) is 0 Å². The Morgan fingerprint density at radius 2 is 2.10 bits per heavy atom. The van der Waals surface area contributed by atoms with Gasteiger partial charge in [-0.15, -0.1) is 10.2 Å². The highest BCUT2D eigenvalue weighted by atomic mass is 16.5. The summed E-state index contributed by atoms with van der Waals surface area (Å²) in [7, 11) is 1.90. The van der Waals surface area contributed by atoms with Crippen molar-refractivity contribution in [2.24, 2.45) is 18.0 Å². The van der Waals surface area contributed by atoms with Crippen LogP contribution < -0.4 is 20.1 Å². The molecule has 0 amide bonds. The molecule has 0 unspecified atom stereocenters. The van der Waals surface area contributed by atoms with Crippen LogP contribution in [0.2, 0.25) is 0 Å². The molecular formula is C21H32N6O3. The number of nitrogens with zero attached hydrogens (tertiary/aromatic N) is 4. The van der Waals surface area contributed by atoms with Crippen molar-refractivity contribution in [2.75, 3.05) is 38.3 Å². The Kier molecular flexibility index (Phi) is 8.31. The molecule has 0 spiro atoms. The fourth-order valence-electron chi connectivity index (χ4n) is 2.82. The van der Waals surface area contributed by atoms with Crippen LogP contribution in [-0.2, 0) is 18.3 Å². The van der Waals surface area contributed by atoms with Crippen LogP contribution in [-0.4, -0.2) is 53.7 Å². The molecule has 2 aromatic rings. The number of hydrogen-bond donors (Lipinski definition) is 2. The predicted octanol–water partition coefficient (Wildman–Crippen LogP) is 2.60. The maximum absolute atomic E-state index is 5.79. The van der Waals surface area contributed by atoms with Gasteiger partial charge in [0.25, 0.3) is 0 Å². The molecule has 9 nitrogen and oxygen atoms in total. The second-order valence-corrected chi connectivity index (χ2v) is 7.61. The number of rotatable bonds is 9. The molecule has 9 heteroatoms. The van der Waals surface area contributed by atoms with Gasteiger partial charge in [0.05, 0.1) is 13.2 Å². The minimum Gasteiger partial charge on any atom is -0.490 e. The second-order valence-electron chi connectivity index (χ2n) is 7.61. The van der Waals surface area contributed by atoms with Gasteiger partial charge < -0.3 is 29.4 Å². The maximum atomic E-state index is 5.79. The maximum Gasteiger partial charge on any atom is 0.196 e. The molecule has 0 saturated carbocycles. The van der Waals surface area contributed by atoms with E-state index in [1.807, 2.05) is 29.8 Å².